The van der Waals surface area contributed by atoms with Gasteiger partial charge in [0.05, 0.1) is 20.8 Å². The molecule has 10 nitrogen and oxygen atoms in total. The number of aromatic hydroxyl groups is 1. The molecule has 0 saturated heterocycles. The molecule has 0 radical (unpaired) electrons. The van der Waals surface area contributed by atoms with Gasteiger partial charge in [-0.05, 0) is 35.9 Å². The lowest BCUT2D eigenvalue weighted by Crippen LogP contribution is -2.15. The van der Waals surface area contributed by atoms with Crippen LogP contribution in [0.4, 0.5) is 5.82 Å². The summed E-state index contributed by atoms with van der Waals surface area (Å²) in [5, 5.41) is 18.6. The number of benzene rings is 2. The minimum absolute atomic E-state index is 0.0411. The lowest BCUT2D eigenvalue weighted by Gasteiger charge is -2.13. The molecule has 0 bridgehead atoms. The van der Waals surface area contributed by atoms with Crippen LogP contribution in [0.5, 0.6) is 17.2 Å². The SMILES string of the molecule is COc1cc(Br)cc(O)c1S(=O)(=O)Nc1noc2cc(Cn3cccn3)cc(OC)c12. The Morgan fingerprint density at radius 2 is 1.97 bits per heavy atom. The van der Waals surface area contributed by atoms with Gasteiger partial charge in [0.15, 0.2) is 16.3 Å². The van der Waals surface area contributed by atoms with E-state index in [1.165, 1.54) is 26.4 Å². The first-order valence-corrected chi connectivity index (χ1v) is 11.1. The maximum Gasteiger partial charge on any atom is 0.270 e. The van der Waals surface area contributed by atoms with Gasteiger partial charge in [0, 0.05) is 16.9 Å². The molecule has 162 valence electrons. The molecule has 31 heavy (non-hydrogen) atoms. The number of hydrogen-bond donors (Lipinski definition) is 2. The van der Waals surface area contributed by atoms with Gasteiger partial charge in [-0.3, -0.25) is 9.40 Å². The van der Waals surface area contributed by atoms with Crippen molar-refractivity contribution in [3.63, 3.8) is 0 Å². The number of hydrogen-bond acceptors (Lipinski definition) is 8. The third-order valence-corrected chi connectivity index (χ3v) is 6.31. The van der Waals surface area contributed by atoms with Crippen molar-refractivity contribution in [1.82, 2.24) is 14.9 Å². The fraction of sp³-hybridized carbons (Fsp3) is 0.158. The predicted octanol–water partition coefficient (Wildman–Crippen LogP) is 3.36. The molecule has 0 unspecified atom stereocenters. The van der Waals surface area contributed by atoms with Crippen LogP contribution in [0.25, 0.3) is 11.0 Å². The second-order valence-corrected chi connectivity index (χ2v) is 9.00. The summed E-state index contributed by atoms with van der Waals surface area (Å²) < 4.78 is 46.5. The van der Waals surface area contributed by atoms with Crippen molar-refractivity contribution in [2.24, 2.45) is 0 Å². The Morgan fingerprint density at radius 1 is 1.19 bits per heavy atom. The second kappa shape index (κ2) is 8.12. The van der Waals surface area contributed by atoms with E-state index in [-0.39, 0.29) is 11.6 Å². The molecule has 0 fully saturated rings. The summed E-state index contributed by atoms with van der Waals surface area (Å²) in [5.74, 6) is -0.242. The Kier molecular flexibility index (Phi) is 5.50. The van der Waals surface area contributed by atoms with E-state index in [4.69, 9.17) is 14.0 Å². The molecular weight excluding hydrogens is 492 g/mol. The Balaban J connectivity index is 1.75. The summed E-state index contributed by atoms with van der Waals surface area (Å²) in [6.07, 6.45) is 3.48. The van der Waals surface area contributed by atoms with E-state index in [1.807, 2.05) is 12.3 Å². The molecule has 0 aliphatic carbocycles. The smallest absolute Gasteiger partial charge is 0.270 e. The van der Waals surface area contributed by atoms with Crippen molar-refractivity contribution in [1.29, 1.82) is 0 Å². The monoisotopic (exact) mass is 508 g/mol. The van der Waals surface area contributed by atoms with Gasteiger partial charge in [-0.2, -0.15) is 5.10 Å². The third-order valence-electron chi connectivity index (χ3n) is 4.44. The van der Waals surface area contributed by atoms with Crippen LogP contribution in [-0.2, 0) is 16.6 Å². The summed E-state index contributed by atoms with van der Waals surface area (Å²) in [4.78, 5) is -0.427. The van der Waals surface area contributed by atoms with Crippen LogP contribution in [0.15, 0.2) is 56.6 Å². The third kappa shape index (κ3) is 4.03. The summed E-state index contributed by atoms with van der Waals surface area (Å²) in [5.41, 5.74) is 1.15. The number of halogens is 1. The van der Waals surface area contributed by atoms with Gasteiger partial charge in [-0.25, -0.2) is 8.42 Å². The maximum absolute atomic E-state index is 13.0. The van der Waals surface area contributed by atoms with Gasteiger partial charge < -0.3 is 19.1 Å². The van der Waals surface area contributed by atoms with Crippen molar-refractivity contribution in [3.8, 4) is 17.2 Å². The van der Waals surface area contributed by atoms with Gasteiger partial charge in [-0.1, -0.05) is 21.1 Å². The Labute approximate surface area is 185 Å². The van der Waals surface area contributed by atoms with E-state index in [2.05, 4.69) is 30.9 Å². The molecule has 12 heteroatoms. The molecule has 0 spiro atoms. The first-order valence-electron chi connectivity index (χ1n) is 8.85. The van der Waals surface area contributed by atoms with Crippen molar-refractivity contribution in [3.05, 3.63) is 52.8 Å². The molecule has 0 saturated carbocycles. The van der Waals surface area contributed by atoms with E-state index in [1.54, 1.807) is 23.0 Å². The average molecular weight is 509 g/mol. The lowest BCUT2D eigenvalue weighted by atomic mass is 10.1. The fourth-order valence-electron chi connectivity index (χ4n) is 3.15. The molecule has 4 aromatic rings. The molecule has 2 N–H and O–H groups in total. The van der Waals surface area contributed by atoms with Gasteiger partial charge in [-0.15, -0.1) is 0 Å². The quantitative estimate of drug-likeness (QED) is 0.388. The number of nitrogens with one attached hydrogen (secondary N) is 1. The van der Waals surface area contributed by atoms with Gasteiger partial charge >= 0.3 is 0 Å². The lowest BCUT2D eigenvalue weighted by molar-refractivity contribution is 0.388. The summed E-state index contributed by atoms with van der Waals surface area (Å²) in [6, 6.07) is 7.96. The Bertz CT molecular complexity index is 1350. The molecule has 2 aromatic carbocycles. The average Bonchev–Trinajstić information content (AvgIpc) is 3.36. The number of nitrogens with zero attached hydrogens (tertiary/aromatic N) is 3. The number of rotatable bonds is 7. The second-order valence-electron chi connectivity index (χ2n) is 6.47. The highest BCUT2D eigenvalue weighted by atomic mass is 79.9. The Hall–Kier alpha value is -3.25. The van der Waals surface area contributed by atoms with Crippen molar-refractivity contribution in [2.45, 2.75) is 11.4 Å². The van der Waals surface area contributed by atoms with Crippen LogP contribution >= 0.6 is 15.9 Å². The molecule has 0 amide bonds. The standard InChI is InChI=1S/C19H17BrN4O6S/c1-28-14-6-11(10-24-5-3-4-21-24)7-15-17(14)19(22-30-15)23-31(26,27)18-13(25)8-12(20)9-16(18)29-2/h3-9,25H,10H2,1-2H3,(H,22,23). The first kappa shape index (κ1) is 21.0. The fourth-order valence-corrected chi connectivity index (χ4v) is 4.81. The highest BCUT2D eigenvalue weighted by molar-refractivity contribution is 9.10. The zero-order chi connectivity index (χ0) is 22.2. The zero-order valence-corrected chi connectivity index (χ0v) is 18.8. The van der Waals surface area contributed by atoms with Crippen molar-refractivity contribution >= 4 is 42.7 Å². The molecule has 0 aliphatic heterocycles. The number of sulfonamides is 1. The number of fused-ring (bicyclic) bond motifs is 1. The molecule has 2 heterocycles. The maximum atomic E-state index is 13.0. The molecule has 2 aromatic heterocycles. The number of methoxy groups -OCH3 is 2. The molecule has 0 aliphatic rings. The number of anilines is 1. The van der Waals surface area contributed by atoms with Gasteiger partial charge in [0.2, 0.25) is 0 Å². The van der Waals surface area contributed by atoms with E-state index < -0.39 is 20.7 Å². The number of phenolic OH excluding ortho intramolecular Hbond substituents is 1. The van der Waals surface area contributed by atoms with Gasteiger partial charge in [0.1, 0.15) is 22.6 Å². The van der Waals surface area contributed by atoms with Crippen molar-refractivity contribution < 1.29 is 27.5 Å². The van der Waals surface area contributed by atoms with E-state index in [9.17, 15) is 13.5 Å². The topological polar surface area (TPSA) is 129 Å². The molecule has 0 atom stereocenters. The summed E-state index contributed by atoms with van der Waals surface area (Å²) in [6.45, 7) is 0.463. The molecule has 4 rings (SSSR count). The van der Waals surface area contributed by atoms with E-state index in [0.29, 0.717) is 27.7 Å². The predicted molar refractivity (Wildman–Crippen MR) is 115 cm³/mol. The van der Waals surface area contributed by atoms with Crippen LogP contribution in [0, 0.1) is 0 Å². The minimum atomic E-state index is -4.28. The first-order chi connectivity index (χ1) is 14.8. The van der Waals surface area contributed by atoms with E-state index in [0.717, 1.165) is 5.56 Å². The number of phenols is 1. The van der Waals surface area contributed by atoms with Gasteiger partial charge in [0.25, 0.3) is 10.0 Å². The van der Waals surface area contributed by atoms with Crippen LogP contribution in [0.2, 0.25) is 0 Å². The highest BCUT2D eigenvalue weighted by Crippen LogP contribution is 2.39. The number of aromatic nitrogens is 3. The number of ether oxygens (including phenoxy) is 2. The Morgan fingerprint density at radius 3 is 2.65 bits per heavy atom. The zero-order valence-electron chi connectivity index (χ0n) is 16.4. The minimum Gasteiger partial charge on any atom is -0.506 e. The van der Waals surface area contributed by atoms with Crippen LogP contribution < -0.4 is 14.2 Å². The van der Waals surface area contributed by atoms with E-state index >= 15 is 0 Å². The summed E-state index contributed by atoms with van der Waals surface area (Å²) in [7, 11) is -1.52. The van der Waals surface area contributed by atoms with Crippen LogP contribution in [0.3, 0.4) is 0 Å². The van der Waals surface area contributed by atoms with Crippen LogP contribution in [-0.4, -0.2) is 42.7 Å². The normalized spacial score (nSPS) is 11.6. The van der Waals surface area contributed by atoms with Crippen molar-refractivity contribution in [2.75, 3.05) is 18.9 Å². The largest absolute Gasteiger partial charge is 0.506 e. The summed E-state index contributed by atoms with van der Waals surface area (Å²) >= 11 is 3.19. The highest BCUT2D eigenvalue weighted by Gasteiger charge is 2.28. The molecular formula is C19H17BrN4O6S. The van der Waals surface area contributed by atoms with Crippen LogP contribution in [0.1, 0.15) is 5.56 Å².